The van der Waals surface area contributed by atoms with E-state index in [9.17, 15) is 5.11 Å². The quantitative estimate of drug-likeness (QED) is 0.927. The van der Waals surface area contributed by atoms with Crippen molar-refractivity contribution < 1.29 is 5.11 Å². The summed E-state index contributed by atoms with van der Waals surface area (Å²) in [4.78, 5) is 6.75. The van der Waals surface area contributed by atoms with Crippen molar-refractivity contribution in [3.8, 4) is 0 Å². The zero-order valence-corrected chi connectivity index (χ0v) is 12.7. The molecule has 110 valence electrons. The van der Waals surface area contributed by atoms with Gasteiger partial charge in [-0.05, 0) is 49.9 Å². The Balaban J connectivity index is 1.92. The van der Waals surface area contributed by atoms with Crippen molar-refractivity contribution in [1.82, 2.24) is 4.98 Å². The van der Waals surface area contributed by atoms with Gasteiger partial charge in [-0.2, -0.15) is 0 Å². The van der Waals surface area contributed by atoms with Gasteiger partial charge in [0.2, 0.25) is 0 Å². The minimum Gasteiger partial charge on any atom is -0.387 e. The number of aliphatic hydroxyl groups is 1. The Hall–Kier alpha value is -1.87. The van der Waals surface area contributed by atoms with Crippen molar-refractivity contribution in [2.45, 2.75) is 39.2 Å². The Morgan fingerprint density at radius 2 is 2.14 bits per heavy atom. The molecule has 0 saturated heterocycles. The molecule has 1 aliphatic heterocycles. The van der Waals surface area contributed by atoms with Gasteiger partial charge in [-0.1, -0.05) is 24.6 Å². The Morgan fingerprint density at radius 1 is 1.29 bits per heavy atom. The molecule has 1 aliphatic rings. The van der Waals surface area contributed by atoms with Gasteiger partial charge >= 0.3 is 0 Å². The number of aliphatic hydroxyl groups excluding tert-OH is 1. The zero-order chi connectivity index (χ0) is 14.8. The van der Waals surface area contributed by atoms with Crippen LogP contribution in [0.25, 0.3) is 0 Å². The summed E-state index contributed by atoms with van der Waals surface area (Å²) in [5, 5.41) is 9.84. The number of anilines is 2. The SMILES string of the molecule is CCC(O)c1ccc(N2CCCc3cc(C)ccc32)cn1. The van der Waals surface area contributed by atoms with Crippen LogP contribution in [0.4, 0.5) is 11.4 Å². The molecular weight excluding hydrogens is 260 g/mol. The molecule has 3 rings (SSSR count). The van der Waals surface area contributed by atoms with Gasteiger partial charge in [-0.25, -0.2) is 0 Å². The number of nitrogens with zero attached hydrogens (tertiary/aromatic N) is 2. The number of rotatable bonds is 3. The van der Waals surface area contributed by atoms with Crippen molar-refractivity contribution >= 4 is 11.4 Å². The maximum absolute atomic E-state index is 9.84. The molecule has 2 heterocycles. The second-order valence-electron chi connectivity index (χ2n) is 5.75. The van der Waals surface area contributed by atoms with E-state index in [1.54, 1.807) is 0 Å². The predicted molar refractivity (Wildman–Crippen MR) is 86.0 cm³/mol. The van der Waals surface area contributed by atoms with Crippen LogP contribution in [0.15, 0.2) is 36.5 Å². The first-order valence-corrected chi connectivity index (χ1v) is 7.70. The van der Waals surface area contributed by atoms with Gasteiger partial charge in [-0.15, -0.1) is 0 Å². The molecule has 0 bridgehead atoms. The second-order valence-corrected chi connectivity index (χ2v) is 5.75. The van der Waals surface area contributed by atoms with Crippen LogP contribution in [-0.4, -0.2) is 16.6 Å². The lowest BCUT2D eigenvalue weighted by atomic mass is 9.99. The third kappa shape index (κ3) is 2.79. The average Bonchev–Trinajstić information content (AvgIpc) is 2.53. The average molecular weight is 282 g/mol. The summed E-state index contributed by atoms with van der Waals surface area (Å²) in [5.74, 6) is 0. The van der Waals surface area contributed by atoms with E-state index in [4.69, 9.17) is 0 Å². The minimum atomic E-state index is -0.463. The Bertz CT molecular complexity index is 622. The van der Waals surface area contributed by atoms with E-state index in [0.717, 1.165) is 30.8 Å². The summed E-state index contributed by atoms with van der Waals surface area (Å²) in [6, 6.07) is 10.7. The Morgan fingerprint density at radius 3 is 2.86 bits per heavy atom. The van der Waals surface area contributed by atoms with Crippen molar-refractivity contribution in [1.29, 1.82) is 0 Å². The molecule has 21 heavy (non-hydrogen) atoms. The monoisotopic (exact) mass is 282 g/mol. The maximum Gasteiger partial charge on any atom is 0.0957 e. The van der Waals surface area contributed by atoms with Crippen molar-refractivity contribution in [2.24, 2.45) is 0 Å². The van der Waals surface area contributed by atoms with Gasteiger partial charge in [0.1, 0.15) is 0 Å². The molecule has 1 unspecified atom stereocenters. The van der Waals surface area contributed by atoms with E-state index in [2.05, 4.69) is 41.1 Å². The molecule has 3 heteroatoms. The molecule has 1 N–H and O–H groups in total. The standard InChI is InChI=1S/C18H22N2O/c1-3-18(21)16-8-7-15(12-19-16)20-10-4-5-14-11-13(2)6-9-17(14)20/h6-9,11-12,18,21H,3-5,10H2,1-2H3. The molecule has 0 spiro atoms. The van der Waals surface area contributed by atoms with Gasteiger partial charge in [0.05, 0.1) is 23.7 Å². The maximum atomic E-state index is 9.84. The number of hydrogen-bond donors (Lipinski definition) is 1. The number of aryl methyl sites for hydroxylation is 2. The van der Waals surface area contributed by atoms with Gasteiger partial charge in [0.25, 0.3) is 0 Å². The Labute approximate surface area is 126 Å². The second kappa shape index (κ2) is 5.86. The van der Waals surface area contributed by atoms with Crippen molar-refractivity contribution in [3.05, 3.63) is 53.3 Å². The topological polar surface area (TPSA) is 36.4 Å². The number of hydrogen-bond acceptors (Lipinski definition) is 3. The van der Waals surface area contributed by atoms with E-state index >= 15 is 0 Å². The fraction of sp³-hybridized carbons (Fsp3) is 0.389. The zero-order valence-electron chi connectivity index (χ0n) is 12.7. The van der Waals surface area contributed by atoms with Gasteiger partial charge < -0.3 is 10.0 Å². The van der Waals surface area contributed by atoms with Crippen molar-refractivity contribution in [3.63, 3.8) is 0 Å². The molecule has 0 saturated carbocycles. The van der Waals surface area contributed by atoms with Crippen LogP contribution in [0.3, 0.4) is 0 Å². The highest BCUT2D eigenvalue weighted by Crippen LogP contribution is 2.33. The summed E-state index contributed by atoms with van der Waals surface area (Å²) < 4.78 is 0. The third-order valence-electron chi connectivity index (χ3n) is 4.16. The number of aromatic nitrogens is 1. The van der Waals surface area contributed by atoms with Gasteiger partial charge in [-0.3, -0.25) is 4.98 Å². The molecule has 1 atom stereocenters. The lowest BCUT2D eigenvalue weighted by Gasteiger charge is -2.31. The summed E-state index contributed by atoms with van der Waals surface area (Å²) in [6.45, 7) is 5.12. The highest BCUT2D eigenvalue weighted by Gasteiger charge is 2.18. The molecular formula is C18H22N2O. The predicted octanol–water partition coefficient (Wildman–Crippen LogP) is 3.92. The Kier molecular flexibility index (Phi) is 3.93. The summed E-state index contributed by atoms with van der Waals surface area (Å²) in [5.41, 5.74) is 5.88. The summed E-state index contributed by atoms with van der Waals surface area (Å²) in [6.07, 6.45) is 4.42. The minimum absolute atomic E-state index is 0.463. The molecule has 1 aromatic heterocycles. The van der Waals surface area contributed by atoms with E-state index in [-0.39, 0.29) is 0 Å². The highest BCUT2D eigenvalue weighted by atomic mass is 16.3. The number of fused-ring (bicyclic) bond motifs is 1. The highest BCUT2D eigenvalue weighted by molar-refractivity contribution is 5.67. The normalized spacial score (nSPS) is 15.7. The van der Waals surface area contributed by atoms with Gasteiger partial charge in [0, 0.05) is 12.2 Å². The van der Waals surface area contributed by atoms with Crippen molar-refractivity contribution in [2.75, 3.05) is 11.4 Å². The van der Waals surface area contributed by atoms with Gasteiger partial charge in [0.15, 0.2) is 0 Å². The molecule has 0 radical (unpaired) electrons. The van der Waals surface area contributed by atoms with E-state index in [0.29, 0.717) is 6.42 Å². The number of pyridine rings is 1. The first kappa shape index (κ1) is 14.1. The smallest absolute Gasteiger partial charge is 0.0957 e. The lowest BCUT2D eigenvalue weighted by Crippen LogP contribution is -2.24. The molecule has 1 aromatic carbocycles. The van der Waals surface area contributed by atoms with Crippen LogP contribution in [0, 0.1) is 6.92 Å². The van der Waals surface area contributed by atoms with Crippen LogP contribution in [0.5, 0.6) is 0 Å². The lowest BCUT2D eigenvalue weighted by molar-refractivity contribution is 0.169. The fourth-order valence-electron chi connectivity index (χ4n) is 2.96. The first-order valence-electron chi connectivity index (χ1n) is 7.70. The van der Waals surface area contributed by atoms with Crippen LogP contribution in [0.2, 0.25) is 0 Å². The summed E-state index contributed by atoms with van der Waals surface area (Å²) in [7, 11) is 0. The molecule has 0 aliphatic carbocycles. The van der Waals surface area contributed by atoms with Crippen LogP contribution in [-0.2, 0) is 6.42 Å². The van der Waals surface area contributed by atoms with Crippen LogP contribution in [0.1, 0.15) is 42.7 Å². The molecule has 2 aromatic rings. The van der Waals surface area contributed by atoms with E-state index in [1.165, 1.54) is 16.8 Å². The van der Waals surface area contributed by atoms with E-state index < -0.39 is 6.10 Å². The third-order valence-corrected chi connectivity index (χ3v) is 4.16. The molecule has 0 fully saturated rings. The summed E-state index contributed by atoms with van der Waals surface area (Å²) >= 11 is 0. The largest absolute Gasteiger partial charge is 0.387 e. The first-order chi connectivity index (χ1) is 10.2. The van der Waals surface area contributed by atoms with Crippen LogP contribution < -0.4 is 4.90 Å². The fourth-order valence-corrected chi connectivity index (χ4v) is 2.96. The van der Waals surface area contributed by atoms with E-state index in [1.807, 2.05) is 19.2 Å². The van der Waals surface area contributed by atoms with Crippen LogP contribution >= 0.6 is 0 Å². The number of benzene rings is 1. The molecule has 3 nitrogen and oxygen atoms in total. The molecule has 0 amide bonds.